The van der Waals surface area contributed by atoms with Crippen LogP contribution in [-0.2, 0) is 0 Å². The van der Waals surface area contributed by atoms with Gasteiger partial charge in [-0.2, -0.15) is 5.26 Å². The minimum Gasteiger partial charge on any atom is -0.388 e. The Labute approximate surface area is 93.0 Å². The highest BCUT2D eigenvalue weighted by molar-refractivity contribution is 5.11. The van der Waals surface area contributed by atoms with Crippen LogP contribution in [0.3, 0.4) is 0 Å². The first-order valence-corrected chi connectivity index (χ1v) is 5.09. The Hall–Kier alpha value is -1.01. The molecule has 0 radical (unpaired) electrons. The van der Waals surface area contributed by atoms with Gasteiger partial charge in [0.1, 0.15) is 0 Å². The highest BCUT2D eigenvalue weighted by Crippen LogP contribution is 2.36. The van der Waals surface area contributed by atoms with E-state index in [1.165, 1.54) is 0 Å². The largest absolute Gasteiger partial charge is 0.388 e. The molecule has 0 aliphatic heterocycles. The average Bonchev–Trinajstić information content (AvgIpc) is 2.02. The summed E-state index contributed by atoms with van der Waals surface area (Å²) in [6, 6.07) is 2.14. The standard InChI is InChI=1S/C12H22N2O/c1-11(2,3)12(4,15)10(9-13)7-8-14(5)6/h7-8,10,15H,1-6H3/b8-7+. The van der Waals surface area contributed by atoms with Gasteiger partial charge in [-0.05, 0) is 24.6 Å². The van der Waals surface area contributed by atoms with E-state index in [2.05, 4.69) is 6.07 Å². The SMILES string of the molecule is CN(C)/C=C/C(C#N)C(C)(O)C(C)(C)C. The summed E-state index contributed by atoms with van der Waals surface area (Å²) < 4.78 is 0. The zero-order valence-electron chi connectivity index (χ0n) is 10.6. The molecular formula is C12H22N2O. The molecule has 0 saturated heterocycles. The minimum absolute atomic E-state index is 0.329. The van der Waals surface area contributed by atoms with Crippen molar-refractivity contribution in [3.05, 3.63) is 12.3 Å². The van der Waals surface area contributed by atoms with Gasteiger partial charge in [-0.25, -0.2) is 0 Å². The zero-order valence-corrected chi connectivity index (χ0v) is 10.6. The molecule has 0 aromatic heterocycles. The van der Waals surface area contributed by atoms with Crippen molar-refractivity contribution in [2.75, 3.05) is 14.1 Å². The molecule has 0 bridgehead atoms. The van der Waals surface area contributed by atoms with E-state index < -0.39 is 11.5 Å². The van der Waals surface area contributed by atoms with E-state index >= 15 is 0 Å². The zero-order chi connectivity index (χ0) is 12.3. The van der Waals surface area contributed by atoms with Crippen LogP contribution in [0.15, 0.2) is 12.3 Å². The quantitative estimate of drug-likeness (QED) is 0.775. The Bertz CT molecular complexity index is 266. The van der Waals surface area contributed by atoms with Gasteiger partial charge in [-0.15, -0.1) is 0 Å². The lowest BCUT2D eigenvalue weighted by atomic mass is 9.70. The van der Waals surface area contributed by atoms with Gasteiger partial charge in [0.15, 0.2) is 0 Å². The third kappa shape index (κ3) is 3.56. The number of nitriles is 1. The number of aliphatic hydroxyl groups is 1. The number of rotatable bonds is 3. The van der Waals surface area contributed by atoms with Crippen molar-refractivity contribution in [2.45, 2.75) is 33.3 Å². The van der Waals surface area contributed by atoms with Crippen LogP contribution in [0.5, 0.6) is 0 Å². The first kappa shape index (κ1) is 14.0. The summed E-state index contributed by atoms with van der Waals surface area (Å²) in [5.41, 5.74) is -1.36. The number of hydrogen-bond donors (Lipinski definition) is 1. The van der Waals surface area contributed by atoms with Gasteiger partial charge in [0.2, 0.25) is 0 Å². The number of hydrogen-bond acceptors (Lipinski definition) is 3. The maximum absolute atomic E-state index is 10.3. The lowest BCUT2D eigenvalue weighted by Gasteiger charge is -2.39. The Morgan fingerprint density at radius 1 is 1.27 bits per heavy atom. The first-order valence-electron chi connectivity index (χ1n) is 5.09. The van der Waals surface area contributed by atoms with Crippen molar-refractivity contribution >= 4 is 0 Å². The highest BCUT2D eigenvalue weighted by atomic mass is 16.3. The molecule has 0 rings (SSSR count). The molecule has 0 fully saturated rings. The summed E-state index contributed by atoms with van der Waals surface area (Å²) in [4.78, 5) is 1.85. The summed E-state index contributed by atoms with van der Waals surface area (Å²) in [7, 11) is 3.77. The van der Waals surface area contributed by atoms with Crippen molar-refractivity contribution < 1.29 is 5.11 Å². The van der Waals surface area contributed by atoms with Gasteiger partial charge in [0.25, 0.3) is 0 Å². The Morgan fingerprint density at radius 2 is 1.73 bits per heavy atom. The molecular weight excluding hydrogens is 188 g/mol. The second kappa shape index (κ2) is 4.67. The Morgan fingerprint density at radius 3 is 2.00 bits per heavy atom. The van der Waals surface area contributed by atoms with Crippen LogP contribution >= 0.6 is 0 Å². The second-order valence-electron chi connectivity index (χ2n) is 5.31. The molecule has 2 atom stereocenters. The molecule has 0 saturated carbocycles. The van der Waals surface area contributed by atoms with Crippen LogP contribution in [0.1, 0.15) is 27.7 Å². The molecule has 0 spiro atoms. The third-order valence-electron chi connectivity index (χ3n) is 2.84. The van der Waals surface area contributed by atoms with Crippen LogP contribution in [0.25, 0.3) is 0 Å². The lowest BCUT2D eigenvalue weighted by molar-refractivity contribution is -0.0601. The lowest BCUT2D eigenvalue weighted by Crippen LogP contribution is -2.45. The molecule has 2 unspecified atom stereocenters. The van der Waals surface area contributed by atoms with Gasteiger partial charge >= 0.3 is 0 Å². The van der Waals surface area contributed by atoms with Gasteiger partial charge in [-0.3, -0.25) is 0 Å². The van der Waals surface area contributed by atoms with Gasteiger partial charge in [0.05, 0.1) is 17.6 Å². The summed E-state index contributed by atoms with van der Waals surface area (Å²) in [6.45, 7) is 7.50. The molecule has 0 aliphatic rings. The summed E-state index contributed by atoms with van der Waals surface area (Å²) in [6.07, 6.45) is 3.54. The summed E-state index contributed by atoms with van der Waals surface area (Å²) in [5, 5.41) is 19.4. The van der Waals surface area contributed by atoms with E-state index in [1.54, 1.807) is 19.2 Å². The monoisotopic (exact) mass is 210 g/mol. The van der Waals surface area contributed by atoms with E-state index in [4.69, 9.17) is 5.26 Å². The fourth-order valence-electron chi connectivity index (χ4n) is 1.08. The van der Waals surface area contributed by atoms with Gasteiger partial charge in [0, 0.05) is 14.1 Å². The third-order valence-corrected chi connectivity index (χ3v) is 2.84. The molecule has 0 aromatic carbocycles. The Balaban J connectivity index is 4.92. The van der Waals surface area contributed by atoms with Crippen LogP contribution in [0.2, 0.25) is 0 Å². The van der Waals surface area contributed by atoms with E-state index in [1.807, 2.05) is 39.8 Å². The smallest absolute Gasteiger partial charge is 0.0950 e. The molecule has 0 heterocycles. The predicted octanol–water partition coefficient (Wildman–Crippen LogP) is 2.00. The predicted molar refractivity (Wildman–Crippen MR) is 62.0 cm³/mol. The van der Waals surface area contributed by atoms with Crippen LogP contribution < -0.4 is 0 Å². The normalized spacial score (nSPS) is 18.3. The summed E-state index contributed by atoms with van der Waals surface area (Å²) >= 11 is 0. The molecule has 0 aliphatic carbocycles. The van der Waals surface area contributed by atoms with Gasteiger partial charge < -0.3 is 10.0 Å². The van der Waals surface area contributed by atoms with E-state index in [0.29, 0.717) is 0 Å². The summed E-state index contributed by atoms with van der Waals surface area (Å²) in [5.74, 6) is -0.500. The Kier molecular flexibility index (Phi) is 4.36. The van der Waals surface area contributed by atoms with Crippen molar-refractivity contribution in [2.24, 2.45) is 11.3 Å². The molecule has 0 aromatic rings. The van der Waals surface area contributed by atoms with E-state index in [0.717, 1.165) is 0 Å². The van der Waals surface area contributed by atoms with Crippen LogP contribution in [0.4, 0.5) is 0 Å². The van der Waals surface area contributed by atoms with Gasteiger partial charge in [-0.1, -0.05) is 20.8 Å². The molecule has 86 valence electrons. The van der Waals surface area contributed by atoms with Crippen molar-refractivity contribution in [3.63, 3.8) is 0 Å². The maximum Gasteiger partial charge on any atom is 0.0950 e. The number of nitrogens with zero attached hydrogens (tertiary/aromatic N) is 2. The molecule has 15 heavy (non-hydrogen) atoms. The maximum atomic E-state index is 10.3. The topological polar surface area (TPSA) is 47.3 Å². The van der Waals surface area contributed by atoms with Crippen molar-refractivity contribution in [1.82, 2.24) is 4.90 Å². The van der Waals surface area contributed by atoms with E-state index in [-0.39, 0.29) is 5.41 Å². The minimum atomic E-state index is -1.03. The van der Waals surface area contributed by atoms with Crippen molar-refractivity contribution in [3.8, 4) is 6.07 Å². The van der Waals surface area contributed by atoms with Crippen LogP contribution in [0, 0.1) is 22.7 Å². The molecule has 3 nitrogen and oxygen atoms in total. The molecule has 3 heteroatoms. The molecule has 0 amide bonds. The van der Waals surface area contributed by atoms with E-state index in [9.17, 15) is 5.11 Å². The highest BCUT2D eigenvalue weighted by Gasteiger charge is 2.41. The first-order chi connectivity index (χ1) is 6.63. The fourth-order valence-corrected chi connectivity index (χ4v) is 1.08. The van der Waals surface area contributed by atoms with Crippen molar-refractivity contribution in [1.29, 1.82) is 5.26 Å². The van der Waals surface area contributed by atoms with Crippen LogP contribution in [-0.4, -0.2) is 29.7 Å². The fraction of sp³-hybridized carbons (Fsp3) is 0.750. The second-order valence-corrected chi connectivity index (χ2v) is 5.31. The average molecular weight is 210 g/mol. The molecule has 1 N–H and O–H groups in total.